The average Bonchev–Trinajstić information content (AvgIpc) is 2.68. The Kier molecular flexibility index (Phi) is 7.94. The van der Waals surface area contributed by atoms with E-state index in [0.717, 1.165) is 0 Å². The van der Waals surface area contributed by atoms with Gasteiger partial charge in [-0.05, 0) is 42.0 Å². The summed E-state index contributed by atoms with van der Waals surface area (Å²) in [6.07, 6.45) is 3.05. The second-order valence-corrected chi connectivity index (χ2v) is 7.05. The molecule has 144 valence electrons. The van der Waals surface area contributed by atoms with Crippen LogP contribution in [0.5, 0.6) is 11.5 Å². The lowest BCUT2D eigenvalue weighted by Crippen LogP contribution is -2.13. The van der Waals surface area contributed by atoms with E-state index in [0.29, 0.717) is 43.9 Å². The molecule has 2 aromatic carbocycles. The number of amides is 1. The third-order valence-corrected chi connectivity index (χ3v) is 4.91. The van der Waals surface area contributed by atoms with Crippen LogP contribution >= 0.6 is 39.1 Å². The number of nitriles is 1. The first-order valence-electron chi connectivity index (χ1n) is 7.89. The number of halogens is 3. The molecule has 0 heterocycles. The normalized spacial score (nSPS) is 10.8. The van der Waals surface area contributed by atoms with Crippen LogP contribution in [-0.2, 0) is 4.79 Å². The maximum absolute atomic E-state index is 12.5. The summed E-state index contributed by atoms with van der Waals surface area (Å²) in [5.41, 5.74) is 0.891. The highest BCUT2D eigenvalue weighted by atomic mass is 79.9. The Morgan fingerprint density at radius 3 is 2.64 bits per heavy atom. The minimum absolute atomic E-state index is 0.103. The molecule has 0 unspecified atom stereocenters. The van der Waals surface area contributed by atoms with Crippen molar-refractivity contribution in [2.75, 3.05) is 19.0 Å². The zero-order chi connectivity index (χ0) is 20.7. The number of hydrogen-bond acceptors (Lipinski definition) is 4. The van der Waals surface area contributed by atoms with Gasteiger partial charge in [0.25, 0.3) is 5.91 Å². The zero-order valence-corrected chi connectivity index (χ0v) is 17.9. The van der Waals surface area contributed by atoms with Crippen LogP contribution in [0.25, 0.3) is 6.08 Å². The van der Waals surface area contributed by atoms with Crippen LogP contribution in [0.1, 0.15) is 5.56 Å². The average molecular weight is 482 g/mol. The summed E-state index contributed by atoms with van der Waals surface area (Å²) in [6, 6.07) is 9.89. The Bertz CT molecular complexity index is 984. The van der Waals surface area contributed by atoms with E-state index in [2.05, 4.69) is 27.8 Å². The smallest absolute Gasteiger partial charge is 0.266 e. The summed E-state index contributed by atoms with van der Waals surface area (Å²) in [4.78, 5) is 12.5. The third-order valence-electron chi connectivity index (χ3n) is 3.48. The molecule has 0 radical (unpaired) electrons. The van der Waals surface area contributed by atoms with E-state index in [1.165, 1.54) is 19.3 Å². The van der Waals surface area contributed by atoms with Crippen molar-refractivity contribution in [1.82, 2.24) is 0 Å². The fraction of sp³-hybridized carbons (Fsp3) is 0.100. The number of nitrogens with one attached hydrogen (secondary N) is 1. The molecule has 0 saturated heterocycles. The molecular formula is C20H15BrCl2N2O3. The largest absolute Gasteiger partial charge is 0.493 e. The Morgan fingerprint density at radius 2 is 2.04 bits per heavy atom. The highest BCUT2D eigenvalue weighted by Crippen LogP contribution is 2.35. The summed E-state index contributed by atoms with van der Waals surface area (Å²) >= 11 is 15.2. The number of nitrogens with zero attached hydrogens (tertiary/aromatic N) is 1. The van der Waals surface area contributed by atoms with Gasteiger partial charge in [-0.2, -0.15) is 5.26 Å². The van der Waals surface area contributed by atoms with Gasteiger partial charge < -0.3 is 14.8 Å². The van der Waals surface area contributed by atoms with Gasteiger partial charge in [0.1, 0.15) is 18.2 Å². The van der Waals surface area contributed by atoms with Crippen molar-refractivity contribution in [1.29, 1.82) is 5.26 Å². The fourth-order valence-electron chi connectivity index (χ4n) is 2.16. The first kappa shape index (κ1) is 21.8. The van der Waals surface area contributed by atoms with Gasteiger partial charge in [0.15, 0.2) is 11.5 Å². The van der Waals surface area contributed by atoms with Crippen molar-refractivity contribution in [3.8, 4) is 17.6 Å². The zero-order valence-electron chi connectivity index (χ0n) is 14.8. The highest BCUT2D eigenvalue weighted by molar-refractivity contribution is 9.10. The standard InChI is InChI=1S/C20H15BrCl2N2O3/c1-3-6-28-19-10-15(21)12(8-18(19)27-2)7-13(11-24)20(26)25-14-4-5-16(22)17(23)9-14/h3-5,7-10H,1,6H2,2H3,(H,25,26)/b13-7+. The van der Waals surface area contributed by atoms with Gasteiger partial charge in [-0.1, -0.05) is 51.8 Å². The molecule has 28 heavy (non-hydrogen) atoms. The molecule has 0 bridgehead atoms. The lowest BCUT2D eigenvalue weighted by molar-refractivity contribution is -0.112. The number of ether oxygens (including phenoxy) is 2. The highest BCUT2D eigenvalue weighted by Gasteiger charge is 2.14. The van der Waals surface area contributed by atoms with E-state index in [4.69, 9.17) is 32.7 Å². The molecule has 0 aliphatic heterocycles. The molecule has 0 aromatic heterocycles. The van der Waals surface area contributed by atoms with Gasteiger partial charge in [0.05, 0.1) is 17.2 Å². The predicted molar refractivity (Wildman–Crippen MR) is 115 cm³/mol. The molecule has 0 saturated carbocycles. The van der Waals surface area contributed by atoms with Crippen LogP contribution < -0.4 is 14.8 Å². The topological polar surface area (TPSA) is 71.3 Å². The number of benzene rings is 2. The molecule has 0 atom stereocenters. The predicted octanol–water partition coefficient (Wildman–Crippen LogP) is 5.87. The lowest BCUT2D eigenvalue weighted by Gasteiger charge is -2.12. The first-order chi connectivity index (χ1) is 13.4. The Morgan fingerprint density at radius 1 is 1.29 bits per heavy atom. The second-order valence-electron chi connectivity index (χ2n) is 5.38. The van der Waals surface area contributed by atoms with Gasteiger partial charge in [-0.15, -0.1) is 0 Å². The van der Waals surface area contributed by atoms with E-state index in [1.54, 1.807) is 30.3 Å². The summed E-state index contributed by atoms with van der Waals surface area (Å²) < 4.78 is 11.5. The number of anilines is 1. The number of rotatable bonds is 7. The molecular weight excluding hydrogens is 467 g/mol. The van der Waals surface area contributed by atoms with Gasteiger partial charge in [-0.25, -0.2) is 0 Å². The summed E-state index contributed by atoms with van der Waals surface area (Å²) in [5, 5.41) is 12.7. The number of carbonyl (C=O) groups excluding carboxylic acids is 1. The van der Waals surface area contributed by atoms with Crippen LogP contribution in [0.3, 0.4) is 0 Å². The van der Waals surface area contributed by atoms with Crippen molar-refractivity contribution in [3.05, 3.63) is 68.6 Å². The first-order valence-corrected chi connectivity index (χ1v) is 9.44. The Hall–Kier alpha value is -2.46. The second kappa shape index (κ2) is 10.2. The van der Waals surface area contributed by atoms with E-state index in [9.17, 15) is 10.1 Å². The van der Waals surface area contributed by atoms with Crippen LogP contribution in [0.4, 0.5) is 5.69 Å². The van der Waals surface area contributed by atoms with Crippen LogP contribution in [-0.4, -0.2) is 19.6 Å². The molecule has 2 rings (SSSR count). The van der Waals surface area contributed by atoms with E-state index in [-0.39, 0.29) is 5.57 Å². The van der Waals surface area contributed by atoms with Crippen LogP contribution in [0.2, 0.25) is 10.0 Å². The molecule has 0 fully saturated rings. The van der Waals surface area contributed by atoms with Crippen LogP contribution in [0.15, 0.2) is 53.0 Å². The van der Waals surface area contributed by atoms with Crippen molar-refractivity contribution in [3.63, 3.8) is 0 Å². The summed E-state index contributed by atoms with van der Waals surface area (Å²) in [5.74, 6) is 0.377. The molecule has 2 aromatic rings. The molecule has 0 aliphatic carbocycles. The van der Waals surface area contributed by atoms with Gasteiger partial charge >= 0.3 is 0 Å². The SMILES string of the molecule is C=CCOc1cc(Br)c(/C=C(\C#N)C(=O)Nc2ccc(Cl)c(Cl)c2)cc1OC. The van der Waals surface area contributed by atoms with Crippen molar-refractivity contribution < 1.29 is 14.3 Å². The lowest BCUT2D eigenvalue weighted by atomic mass is 10.1. The molecule has 1 N–H and O–H groups in total. The monoisotopic (exact) mass is 480 g/mol. The summed E-state index contributed by atoms with van der Waals surface area (Å²) in [6.45, 7) is 3.92. The molecule has 8 heteroatoms. The minimum atomic E-state index is -0.585. The number of methoxy groups -OCH3 is 1. The molecule has 0 spiro atoms. The quantitative estimate of drug-likeness (QED) is 0.304. The van der Waals surface area contributed by atoms with Crippen molar-refractivity contribution in [2.24, 2.45) is 0 Å². The Balaban J connectivity index is 2.32. The van der Waals surface area contributed by atoms with Crippen molar-refractivity contribution in [2.45, 2.75) is 0 Å². The third kappa shape index (κ3) is 5.52. The summed E-state index contributed by atoms with van der Waals surface area (Å²) in [7, 11) is 1.50. The Labute approximate surface area is 181 Å². The van der Waals surface area contributed by atoms with E-state index >= 15 is 0 Å². The van der Waals surface area contributed by atoms with Gasteiger partial charge in [0, 0.05) is 10.2 Å². The maximum Gasteiger partial charge on any atom is 0.266 e. The minimum Gasteiger partial charge on any atom is -0.493 e. The maximum atomic E-state index is 12.5. The number of carbonyl (C=O) groups is 1. The molecule has 0 aliphatic rings. The van der Waals surface area contributed by atoms with Crippen LogP contribution in [0, 0.1) is 11.3 Å². The van der Waals surface area contributed by atoms with Crippen molar-refractivity contribution >= 4 is 56.8 Å². The van der Waals surface area contributed by atoms with Gasteiger partial charge in [0.2, 0.25) is 0 Å². The number of hydrogen-bond donors (Lipinski definition) is 1. The van der Waals surface area contributed by atoms with Gasteiger partial charge in [-0.3, -0.25) is 4.79 Å². The molecule has 1 amide bonds. The fourth-order valence-corrected chi connectivity index (χ4v) is 2.89. The van der Waals surface area contributed by atoms with E-state index in [1.807, 2.05) is 6.07 Å². The van der Waals surface area contributed by atoms with E-state index < -0.39 is 5.91 Å². The molecule has 5 nitrogen and oxygen atoms in total.